The third kappa shape index (κ3) is 7.60. The number of nitrogens with zero attached hydrogens (tertiary/aromatic N) is 2. The Morgan fingerprint density at radius 2 is 1.83 bits per heavy atom. The van der Waals surface area contributed by atoms with E-state index < -0.39 is 0 Å². The molecule has 0 saturated carbocycles. The van der Waals surface area contributed by atoms with Crippen LogP contribution in [0.1, 0.15) is 47.7 Å². The van der Waals surface area contributed by atoms with Crippen molar-refractivity contribution in [3.8, 4) is 0 Å². The number of rotatable bonds is 9. The molecule has 1 atom stereocenters. The normalized spacial score (nSPS) is 12.3. The minimum atomic E-state index is 0.0299. The Labute approximate surface area is 175 Å². The van der Waals surface area contributed by atoms with Crippen LogP contribution in [-0.2, 0) is 6.42 Å². The Kier molecular flexibility index (Phi) is 9.22. The van der Waals surface area contributed by atoms with Gasteiger partial charge < -0.3 is 15.5 Å². The van der Waals surface area contributed by atoms with Crippen molar-refractivity contribution in [1.29, 1.82) is 0 Å². The Hall–Kier alpha value is -2.82. The summed E-state index contributed by atoms with van der Waals surface area (Å²) in [6.07, 6.45) is 1.84. The van der Waals surface area contributed by atoms with Crippen LogP contribution in [0, 0.1) is 0 Å². The van der Waals surface area contributed by atoms with Gasteiger partial charge in [0.25, 0.3) is 5.91 Å². The van der Waals surface area contributed by atoms with Crippen LogP contribution in [0.5, 0.6) is 0 Å². The minimum Gasteiger partial charge on any atom is -0.357 e. The molecule has 1 unspecified atom stereocenters. The molecule has 0 heterocycles. The summed E-state index contributed by atoms with van der Waals surface area (Å²) in [5.74, 6) is 1.36. The van der Waals surface area contributed by atoms with Crippen molar-refractivity contribution in [2.75, 3.05) is 33.7 Å². The summed E-state index contributed by atoms with van der Waals surface area (Å²) in [5, 5.41) is 6.70. The highest BCUT2D eigenvalue weighted by Gasteiger charge is 2.08. The van der Waals surface area contributed by atoms with Gasteiger partial charge in [-0.1, -0.05) is 49.4 Å². The highest BCUT2D eigenvalue weighted by atomic mass is 16.2. The number of benzene rings is 2. The van der Waals surface area contributed by atoms with E-state index in [1.807, 2.05) is 24.3 Å². The molecule has 2 rings (SSSR count). The summed E-state index contributed by atoms with van der Waals surface area (Å²) in [5.41, 5.74) is 3.22. The third-order valence-electron chi connectivity index (χ3n) is 4.83. The fourth-order valence-electron chi connectivity index (χ4n) is 3.10. The van der Waals surface area contributed by atoms with E-state index in [0.29, 0.717) is 5.92 Å². The van der Waals surface area contributed by atoms with Gasteiger partial charge in [0.2, 0.25) is 0 Å². The Morgan fingerprint density at radius 3 is 2.52 bits per heavy atom. The van der Waals surface area contributed by atoms with E-state index in [1.54, 1.807) is 19.0 Å². The molecular formula is C24H34N4O. The molecule has 0 radical (unpaired) electrons. The second kappa shape index (κ2) is 11.9. The van der Waals surface area contributed by atoms with E-state index >= 15 is 0 Å². The maximum atomic E-state index is 12.1. The monoisotopic (exact) mass is 394 g/mol. The predicted octanol–water partition coefficient (Wildman–Crippen LogP) is 3.68. The van der Waals surface area contributed by atoms with Gasteiger partial charge in [0.05, 0.1) is 0 Å². The zero-order chi connectivity index (χ0) is 21.1. The molecule has 0 aliphatic rings. The van der Waals surface area contributed by atoms with E-state index in [9.17, 15) is 4.79 Å². The van der Waals surface area contributed by atoms with Gasteiger partial charge in [-0.3, -0.25) is 9.79 Å². The standard InChI is InChI=1S/C24H34N4O/c1-5-25-24(26-16-14-19(2)21-11-7-6-8-12-21)27-17-15-20-10-9-13-22(18-20)23(29)28(3)4/h6-13,18-19H,5,14-17H2,1-4H3,(H2,25,26,27). The first-order chi connectivity index (χ1) is 14.0. The second-order valence-electron chi connectivity index (χ2n) is 7.44. The number of carbonyl (C=O) groups is 1. The molecule has 2 aromatic rings. The van der Waals surface area contributed by atoms with Crippen LogP contribution >= 0.6 is 0 Å². The first-order valence-corrected chi connectivity index (χ1v) is 10.4. The first-order valence-electron chi connectivity index (χ1n) is 10.4. The maximum Gasteiger partial charge on any atom is 0.253 e. The fourth-order valence-corrected chi connectivity index (χ4v) is 3.10. The van der Waals surface area contributed by atoms with E-state index in [4.69, 9.17) is 4.99 Å². The van der Waals surface area contributed by atoms with Gasteiger partial charge in [0.15, 0.2) is 5.96 Å². The summed E-state index contributed by atoms with van der Waals surface area (Å²) in [4.78, 5) is 18.4. The summed E-state index contributed by atoms with van der Waals surface area (Å²) in [6, 6.07) is 18.4. The maximum absolute atomic E-state index is 12.1. The van der Waals surface area contributed by atoms with Crippen LogP contribution in [0.2, 0.25) is 0 Å². The van der Waals surface area contributed by atoms with E-state index in [2.05, 4.69) is 54.8 Å². The van der Waals surface area contributed by atoms with Gasteiger partial charge in [-0.15, -0.1) is 0 Å². The summed E-state index contributed by atoms with van der Waals surface area (Å²) in [7, 11) is 3.54. The van der Waals surface area contributed by atoms with Crippen molar-refractivity contribution in [1.82, 2.24) is 15.5 Å². The highest BCUT2D eigenvalue weighted by molar-refractivity contribution is 5.94. The van der Waals surface area contributed by atoms with E-state index in [1.165, 1.54) is 5.56 Å². The van der Waals surface area contributed by atoms with E-state index in [-0.39, 0.29) is 5.91 Å². The molecule has 0 aromatic heterocycles. The lowest BCUT2D eigenvalue weighted by Gasteiger charge is -2.14. The predicted molar refractivity (Wildman–Crippen MR) is 122 cm³/mol. The quantitative estimate of drug-likeness (QED) is 0.504. The molecule has 0 spiro atoms. The lowest BCUT2D eigenvalue weighted by Crippen LogP contribution is -2.38. The zero-order valence-electron chi connectivity index (χ0n) is 18.1. The molecule has 2 N–H and O–H groups in total. The number of hydrogen-bond acceptors (Lipinski definition) is 2. The van der Waals surface area contributed by atoms with Crippen molar-refractivity contribution in [2.45, 2.75) is 32.6 Å². The van der Waals surface area contributed by atoms with Crippen molar-refractivity contribution in [3.63, 3.8) is 0 Å². The van der Waals surface area contributed by atoms with Crippen LogP contribution in [0.3, 0.4) is 0 Å². The van der Waals surface area contributed by atoms with Crippen molar-refractivity contribution < 1.29 is 4.79 Å². The molecule has 0 aliphatic heterocycles. The molecule has 5 nitrogen and oxygen atoms in total. The third-order valence-corrected chi connectivity index (χ3v) is 4.83. The van der Waals surface area contributed by atoms with Gasteiger partial charge in [0, 0.05) is 39.3 Å². The molecule has 0 saturated heterocycles. The number of aliphatic imine (C=N–C) groups is 1. The number of amides is 1. The smallest absolute Gasteiger partial charge is 0.253 e. The van der Waals surface area contributed by atoms with Gasteiger partial charge in [-0.25, -0.2) is 0 Å². The Morgan fingerprint density at radius 1 is 1.07 bits per heavy atom. The molecule has 2 aromatic carbocycles. The Bertz CT molecular complexity index is 786. The van der Waals surface area contributed by atoms with Crippen molar-refractivity contribution in [2.24, 2.45) is 4.99 Å². The molecule has 0 aliphatic carbocycles. The molecule has 0 fully saturated rings. The molecule has 29 heavy (non-hydrogen) atoms. The van der Waals surface area contributed by atoms with Gasteiger partial charge in [-0.05, 0) is 48.9 Å². The van der Waals surface area contributed by atoms with Crippen LogP contribution < -0.4 is 10.6 Å². The molecule has 0 bridgehead atoms. The van der Waals surface area contributed by atoms with Crippen LogP contribution in [0.15, 0.2) is 59.6 Å². The van der Waals surface area contributed by atoms with E-state index in [0.717, 1.165) is 49.6 Å². The SMILES string of the molecule is CCNC(=NCCC(C)c1ccccc1)NCCc1cccc(C(=O)N(C)C)c1. The average Bonchev–Trinajstić information content (AvgIpc) is 2.74. The molecule has 156 valence electrons. The lowest BCUT2D eigenvalue weighted by atomic mass is 9.98. The number of guanidine groups is 1. The van der Waals surface area contributed by atoms with Gasteiger partial charge in [0.1, 0.15) is 0 Å². The second-order valence-corrected chi connectivity index (χ2v) is 7.44. The first kappa shape index (κ1) is 22.5. The lowest BCUT2D eigenvalue weighted by molar-refractivity contribution is 0.0827. The fraction of sp³-hybridized carbons (Fsp3) is 0.417. The molecular weight excluding hydrogens is 360 g/mol. The van der Waals surface area contributed by atoms with Crippen molar-refractivity contribution in [3.05, 3.63) is 71.3 Å². The minimum absolute atomic E-state index is 0.0299. The summed E-state index contributed by atoms with van der Waals surface area (Å²) >= 11 is 0. The van der Waals surface area contributed by atoms with Gasteiger partial charge in [-0.2, -0.15) is 0 Å². The topological polar surface area (TPSA) is 56.7 Å². The van der Waals surface area contributed by atoms with Gasteiger partial charge >= 0.3 is 0 Å². The zero-order valence-corrected chi connectivity index (χ0v) is 18.1. The highest BCUT2D eigenvalue weighted by Crippen LogP contribution is 2.18. The number of carbonyl (C=O) groups excluding carboxylic acids is 1. The van der Waals surface area contributed by atoms with Crippen LogP contribution in [0.25, 0.3) is 0 Å². The van der Waals surface area contributed by atoms with Crippen LogP contribution in [0.4, 0.5) is 0 Å². The number of hydrogen-bond donors (Lipinski definition) is 2. The van der Waals surface area contributed by atoms with Crippen molar-refractivity contribution >= 4 is 11.9 Å². The summed E-state index contributed by atoms with van der Waals surface area (Å²) < 4.78 is 0. The average molecular weight is 395 g/mol. The Balaban J connectivity index is 1.85. The number of nitrogens with one attached hydrogen (secondary N) is 2. The molecule has 5 heteroatoms. The summed E-state index contributed by atoms with van der Waals surface area (Å²) in [6.45, 7) is 6.68. The molecule has 1 amide bonds. The largest absolute Gasteiger partial charge is 0.357 e. The van der Waals surface area contributed by atoms with Crippen LogP contribution in [-0.4, -0.2) is 50.5 Å².